The van der Waals surface area contributed by atoms with Crippen molar-refractivity contribution in [2.24, 2.45) is 11.7 Å². The Balaban J connectivity index is 2.14. The van der Waals surface area contributed by atoms with Crippen LogP contribution in [0.25, 0.3) is 0 Å². The Hall–Kier alpha value is -1.16. The summed E-state index contributed by atoms with van der Waals surface area (Å²) in [6.45, 7) is 4.01. The lowest BCUT2D eigenvalue weighted by Gasteiger charge is -2.24. The van der Waals surface area contributed by atoms with Crippen molar-refractivity contribution in [3.05, 3.63) is 18.3 Å². The molecular weight excluding hydrogens is 176 g/mol. The lowest BCUT2D eigenvalue weighted by atomic mass is 10.0. The zero-order chi connectivity index (χ0) is 9.97. The van der Waals surface area contributed by atoms with E-state index in [1.165, 1.54) is 0 Å². The highest BCUT2D eigenvalue weighted by atomic mass is 15.3. The highest BCUT2D eigenvalue weighted by Crippen LogP contribution is 2.26. The minimum atomic E-state index is 0.483. The third kappa shape index (κ3) is 1.57. The third-order valence-corrected chi connectivity index (χ3v) is 3.07. The van der Waals surface area contributed by atoms with Crippen molar-refractivity contribution < 1.29 is 0 Å². The van der Waals surface area contributed by atoms with Gasteiger partial charge in [0.25, 0.3) is 0 Å². The number of nitrogens with zero attached hydrogens (tertiary/aromatic N) is 3. The van der Waals surface area contributed by atoms with Crippen LogP contribution in [0.3, 0.4) is 0 Å². The maximum Gasteiger partial charge on any atom is 0.151 e. The average molecular weight is 192 g/mol. The predicted octanol–water partition coefficient (Wildman–Crippen LogP) is 0.650. The molecule has 2 N–H and O–H groups in total. The fraction of sp³-hybridized carbons (Fsp3) is 0.600. The Morgan fingerprint density at radius 1 is 1.64 bits per heavy atom. The summed E-state index contributed by atoms with van der Waals surface area (Å²) in [7, 11) is 0. The van der Waals surface area contributed by atoms with E-state index in [2.05, 4.69) is 22.0 Å². The molecule has 4 heteroatoms. The van der Waals surface area contributed by atoms with Gasteiger partial charge in [-0.3, -0.25) is 0 Å². The largest absolute Gasteiger partial charge is 0.352 e. The van der Waals surface area contributed by atoms with Crippen LogP contribution in [0.1, 0.15) is 13.3 Å². The molecule has 0 saturated carbocycles. The van der Waals surface area contributed by atoms with Gasteiger partial charge in [0.15, 0.2) is 5.82 Å². The van der Waals surface area contributed by atoms with Crippen molar-refractivity contribution in [1.29, 1.82) is 0 Å². The summed E-state index contributed by atoms with van der Waals surface area (Å²) in [5, 5.41) is 8.01. The topological polar surface area (TPSA) is 55.0 Å². The van der Waals surface area contributed by atoms with E-state index in [9.17, 15) is 0 Å². The highest BCUT2D eigenvalue weighted by Gasteiger charge is 2.30. The molecule has 0 radical (unpaired) electrons. The average Bonchev–Trinajstić information content (AvgIpc) is 2.61. The van der Waals surface area contributed by atoms with Gasteiger partial charge in [-0.15, -0.1) is 5.10 Å². The lowest BCUT2D eigenvalue weighted by Crippen LogP contribution is -2.33. The van der Waals surface area contributed by atoms with E-state index >= 15 is 0 Å². The number of hydrogen-bond acceptors (Lipinski definition) is 4. The van der Waals surface area contributed by atoms with Gasteiger partial charge in [-0.25, -0.2) is 0 Å². The van der Waals surface area contributed by atoms with E-state index in [1.807, 2.05) is 12.1 Å². The summed E-state index contributed by atoms with van der Waals surface area (Å²) in [5.74, 6) is 1.56. The molecule has 1 aliphatic heterocycles. The molecule has 2 atom stereocenters. The Kier molecular flexibility index (Phi) is 2.63. The molecule has 4 nitrogen and oxygen atoms in total. The normalized spacial score (nSPS) is 26.9. The van der Waals surface area contributed by atoms with Crippen LogP contribution < -0.4 is 10.6 Å². The molecule has 1 fully saturated rings. The van der Waals surface area contributed by atoms with E-state index in [0.717, 1.165) is 25.3 Å². The summed E-state index contributed by atoms with van der Waals surface area (Å²) in [6, 6.07) is 4.41. The van der Waals surface area contributed by atoms with Gasteiger partial charge >= 0.3 is 0 Å². The molecule has 1 aliphatic rings. The van der Waals surface area contributed by atoms with Crippen molar-refractivity contribution in [2.75, 3.05) is 18.0 Å². The van der Waals surface area contributed by atoms with Gasteiger partial charge < -0.3 is 10.6 Å². The van der Waals surface area contributed by atoms with Crippen molar-refractivity contribution in [3.63, 3.8) is 0 Å². The lowest BCUT2D eigenvalue weighted by molar-refractivity contribution is 0.507. The monoisotopic (exact) mass is 192 g/mol. The molecule has 0 bridgehead atoms. The summed E-state index contributed by atoms with van der Waals surface area (Å²) >= 11 is 0. The number of rotatable bonds is 2. The van der Waals surface area contributed by atoms with E-state index in [-0.39, 0.29) is 0 Å². The van der Waals surface area contributed by atoms with E-state index < -0.39 is 0 Å². The molecule has 14 heavy (non-hydrogen) atoms. The van der Waals surface area contributed by atoms with Gasteiger partial charge in [0.1, 0.15) is 0 Å². The molecule has 1 aromatic heterocycles. The summed E-state index contributed by atoms with van der Waals surface area (Å²) in [6.07, 6.45) is 2.86. The molecule has 0 aromatic carbocycles. The van der Waals surface area contributed by atoms with E-state index in [0.29, 0.717) is 12.0 Å². The number of aromatic nitrogens is 2. The van der Waals surface area contributed by atoms with Crippen LogP contribution in [0.4, 0.5) is 5.82 Å². The summed E-state index contributed by atoms with van der Waals surface area (Å²) < 4.78 is 0. The second-order valence-electron chi connectivity index (χ2n) is 3.80. The van der Waals surface area contributed by atoms with Gasteiger partial charge in [0.2, 0.25) is 0 Å². The Morgan fingerprint density at radius 2 is 2.50 bits per heavy atom. The van der Waals surface area contributed by atoms with Crippen molar-refractivity contribution in [3.8, 4) is 0 Å². The van der Waals surface area contributed by atoms with Crippen molar-refractivity contribution in [1.82, 2.24) is 10.2 Å². The van der Waals surface area contributed by atoms with Crippen LogP contribution in [-0.2, 0) is 0 Å². The maximum atomic E-state index is 5.70. The Labute approximate surface area is 84.1 Å². The van der Waals surface area contributed by atoms with Crippen LogP contribution in [0.15, 0.2) is 18.3 Å². The highest BCUT2D eigenvalue weighted by molar-refractivity contribution is 5.39. The minimum absolute atomic E-state index is 0.483. The minimum Gasteiger partial charge on any atom is -0.352 e. The molecule has 2 unspecified atom stereocenters. The molecule has 2 rings (SSSR count). The molecular formula is C10H16N4. The molecule has 2 heterocycles. The first-order valence-electron chi connectivity index (χ1n) is 5.07. The van der Waals surface area contributed by atoms with Crippen LogP contribution in [0.5, 0.6) is 0 Å². The van der Waals surface area contributed by atoms with Gasteiger partial charge in [0.05, 0.1) is 0 Å². The van der Waals surface area contributed by atoms with Gasteiger partial charge in [-0.2, -0.15) is 5.10 Å². The first-order valence-corrected chi connectivity index (χ1v) is 5.07. The second-order valence-corrected chi connectivity index (χ2v) is 3.80. The predicted molar refractivity (Wildman–Crippen MR) is 56.0 cm³/mol. The zero-order valence-electron chi connectivity index (χ0n) is 8.43. The smallest absolute Gasteiger partial charge is 0.151 e. The van der Waals surface area contributed by atoms with E-state index in [1.54, 1.807) is 6.20 Å². The van der Waals surface area contributed by atoms with Crippen molar-refractivity contribution in [2.45, 2.75) is 19.4 Å². The van der Waals surface area contributed by atoms with Crippen LogP contribution in [-0.4, -0.2) is 29.3 Å². The maximum absolute atomic E-state index is 5.70. The van der Waals surface area contributed by atoms with Crippen LogP contribution >= 0.6 is 0 Å². The zero-order valence-corrected chi connectivity index (χ0v) is 8.43. The first-order chi connectivity index (χ1) is 6.83. The molecule has 0 amide bonds. The second kappa shape index (κ2) is 3.92. The molecule has 0 spiro atoms. The molecule has 0 aliphatic carbocycles. The standard InChI is InChI=1S/C10H16N4/c1-8-9(7-11)4-6-14(8)10-3-2-5-12-13-10/h2-3,5,8-9H,4,6-7,11H2,1H3. The number of hydrogen-bond donors (Lipinski definition) is 1. The van der Waals surface area contributed by atoms with E-state index in [4.69, 9.17) is 5.73 Å². The fourth-order valence-corrected chi connectivity index (χ4v) is 2.09. The SMILES string of the molecule is CC1C(CN)CCN1c1cccnn1. The first kappa shape index (κ1) is 9.40. The van der Waals surface area contributed by atoms with Gasteiger partial charge in [-0.05, 0) is 37.9 Å². The molecule has 1 aromatic rings. The molecule has 76 valence electrons. The Morgan fingerprint density at radius 3 is 3.07 bits per heavy atom. The van der Waals surface area contributed by atoms with Gasteiger partial charge in [0, 0.05) is 18.8 Å². The quantitative estimate of drug-likeness (QED) is 0.747. The van der Waals surface area contributed by atoms with Crippen LogP contribution in [0, 0.1) is 5.92 Å². The molecule has 1 saturated heterocycles. The number of nitrogens with two attached hydrogens (primary N) is 1. The Bertz CT molecular complexity index is 287. The van der Waals surface area contributed by atoms with Crippen LogP contribution in [0.2, 0.25) is 0 Å². The fourth-order valence-electron chi connectivity index (χ4n) is 2.09. The van der Waals surface area contributed by atoms with Gasteiger partial charge in [-0.1, -0.05) is 0 Å². The third-order valence-electron chi connectivity index (χ3n) is 3.07. The summed E-state index contributed by atoms with van der Waals surface area (Å²) in [5.41, 5.74) is 5.70. The summed E-state index contributed by atoms with van der Waals surface area (Å²) in [4.78, 5) is 2.28. The number of anilines is 1. The van der Waals surface area contributed by atoms with Crippen molar-refractivity contribution >= 4 is 5.82 Å².